The van der Waals surface area contributed by atoms with Crippen molar-refractivity contribution in [2.24, 2.45) is 9.98 Å². The molecule has 0 bridgehead atoms. The summed E-state index contributed by atoms with van der Waals surface area (Å²) in [5.41, 5.74) is 6.90. The molecule has 0 aromatic heterocycles. The van der Waals surface area contributed by atoms with Crippen molar-refractivity contribution >= 4 is 23.8 Å². The molecule has 0 saturated heterocycles. The molecular formula is C37H44N2O2. The summed E-state index contributed by atoms with van der Waals surface area (Å²) in [5, 5.41) is 0. The Morgan fingerprint density at radius 1 is 0.537 bits per heavy atom. The van der Waals surface area contributed by atoms with Gasteiger partial charge >= 0.3 is 0 Å². The van der Waals surface area contributed by atoms with Gasteiger partial charge in [0.25, 0.3) is 0 Å². The predicted octanol–water partition coefficient (Wildman–Crippen LogP) is 9.97. The number of rotatable bonds is 13. The quantitative estimate of drug-likeness (QED) is 0.156. The average Bonchev–Trinajstić information content (AvgIpc) is 3.03. The molecule has 41 heavy (non-hydrogen) atoms. The van der Waals surface area contributed by atoms with Gasteiger partial charge in [-0.05, 0) is 128 Å². The van der Waals surface area contributed by atoms with Gasteiger partial charge in [-0.1, -0.05) is 51.0 Å². The van der Waals surface area contributed by atoms with Gasteiger partial charge < -0.3 is 9.47 Å². The lowest BCUT2D eigenvalue weighted by molar-refractivity contribution is 0.340. The molecule has 0 heterocycles. The van der Waals surface area contributed by atoms with Crippen molar-refractivity contribution < 1.29 is 9.47 Å². The fraction of sp³-hybridized carbons (Fsp3) is 0.297. The van der Waals surface area contributed by atoms with E-state index in [0.717, 1.165) is 46.8 Å². The molecule has 4 aromatic rings. The molecule has 0 amide bonds. The number of unbranched alkanes of at least 4 members (excludes halogenated alkanes) is 2. The Balaban J connectivity index is 0.000000226. The summed E-state index contributed by atoms with van der Waals surface area (Å²) in [5.74, 6) is 1.76. The van der Waals surface area contributed by atoms with Crippen LogP contribution in [-0.2, 0) is 12.8 Å². The minimum absolute atomic E-state index is 0.692. The Morgan fingerprint density at radius 3 is 1.32 bits per heavy atom. The second-order valence-corrected chi connectivity index (χ2v) is 9.83. The lowest BCUT2D eigenvalue weighted by atomic mass is 10.1. The Morgan fingerprint density at radius 2 is 0.951 bits per heavy atom. The Labute approximate surface area is 246 Å². The van der Waals surface area contributed by atoms with Crippen LogP contribution in [0.3, 0.4) is 0 Å². The molecule has 0 N–H and O–H groups in total. The smallest absolute Gasteiger partial charge is 0.119 e. The third-order valence-electron chi connectivity index (χ3n) is 6.54. The number of aryl methyl sites for hydroxylation is 2. The first kappa shape index (κ1) is 31.3. The number of hydrogen-bond acceptors (Lipinski definition) is 4. The summed E-state index contributed by atoms with van der Waals surface area (Å²) in [6, 6.07) is 32.8. The zero-order chi connectivity index (χ0) is 29.1. The third-order valence-corrected chi connectivity index (χ3v) is 6.54. The van der Waals surface area contributed by atoms with Crippen molar-refractivity contribution in [2.45, 2.75) is 59.3 Å². The van der Waals surface area contributed by atoms with E-state index in [-0.39, 0.29) is 0 Å². The Hall–Kier alpha value is -4.18. The standard InChI is InChI=1S/C19H23NO.C18H21NO/c1-3-5-6-16-7-11-18(12-8-16)20-15-17-9-13-19(14-10-17)21-4-2;1-3-4-5-15-6-10-17(11-7-15)19-14-16-8-12-18(20-2)13-9-16/h7-15H,3-6H2,1-2H3;6-14H,3-5H2,1-2H3. The van der Waals surface area contributed by atoms with Crippen LogP contribution in [0.2, 0.25) is 0 Å². The van der Waals surface area contributed by atoms with Crippen molar-refractivity contribution in [3.05, 3.63) is 119 Å². The van der Waals surface area contributed by atoms with Crippen LogP contribution in [0, 0.1) is 0 Å². The van der Waals surface area contributed by atoms with Gasteiger partial charge in [0.2, 0.25) is 0 Å². The van der Waals surface area contributed by atoms with Crippen LogP contribution in [0.25, 0.3) is 0 Å². The van der Waals surface area contributed by atoms with Crippen LogP contribution in [0.5, 0.6) is 11.5 Å². The van der Waals surface area contributed by atoms with Crippen molar-refractivity contribution in [3.8, 4) is 11.5 Å². The van der Waals surface area contributed by atoms with E-state index in [4.69, 9.17) is 9.47 Å². The minimum atomic E-state index is 0.692. The maximum atomic E-state index is 5.42. The van der Waals surface area contributed by atoms with Gasteiger partial charge in [0, 0.05) is 12.4 Å². The second kappa shape index (κ2) is 18.2. The van der Waals surface area contributed by atoms with E-state index in [1.54, 1.807) is 7.11 Å². The van der Waals surface area contributed by atoms with E-state index in [2.05, 4.69) is 72.4 Å². The second-order valence-electron chi connectivity index (χ2n) is 9.83. The van der Waals surface area contributed by atoms with Gasteiger partial charge in [-0.15, -0.1) is 0 Å². The fourth-order valence-corrected chi connectivity index (χ4v) is 4.06. The highest BCUT2D eigenvalue weighted by Crippen LogP contribution is 2.17. The lowest BCUT2D eigenvalue weighted by Crippen LogP contribution is -1.91. The van der Waals surface area contributed by atoms with Crippen LogP contribution in [0.1, 0.15) is 68.7 Å². The molecule has 0 unspecified atom stereocenters. The van der Waals surface area contributed by atoms with E-state index < -0.39 is 0 Å². The fourth-order valence-electron chi connectivity index (χ4n) is 4.06. The van der Waals surface area contributed by atoms with Crippen LogP contribution < -0.4 is 9.47 Å². The lowest BCUT2D eigenvalue weighted by Gasteiger charge is -2.02. The topological polar surface area (TPSA) is 43.2 Å². The summed E-state index contributed by atoms with van der Waals surface area (Å²) < 4.78 is 10.6. The Kier molecular flexibility index (Phi) is 13.9. The molecule has 0 radical (unpaired) electrons. The first-order chi connectivity index (χ1) is 20.1. The highest BCUT2D eigenvalue weighted by atomic mass is 16.5. The maximum Gasteiger partial charge on any atom is 0.119 e. The maximum absolute atomic E-state index is 5.42. The monoisotopic (exact) mass is 548 g/mol. The molecular weight excluding hydrogens is 504 g/mol. The van der Waals surface area contributed by atoms with Gasteiger partial charge in [-0.3, -0.25) is 9.98 Å². The predicted molar refractivity (Wildman–Crippen MR) is 175 cm³/mol. The van der Waals surface area contributed by atoms with Crippen molar-refractivity contribution in [1.82, 2.24) is 0 Å². The van der Waals surface area contributed by atoms with Crippen molar-refractivity contribution in [1.29, 1.82) is 0 Å². The largest absolute Gasteiger partial charge is 0.497 e. The SMILES string of the molecule is CCCCc1ccc(N=Cc2ccc(OC)cc2)cc1.CCCCc1ccc(N=Cc2ccc(OCC)cc2)cc1. The van der Waals surface area contributed by atoms with Crippen LogP contribution >= 0.6 is 0 Å². The van der Waals surface area contributed by atoms with E-state index >= 15 is 0 Å². The van der Waals surface area contributed by atoms with E-state index in [9.17, 15) is 0 Å². The number of methoxy groups -OCH3 is 1. The van der Waals surface area contributed by atoms with Gasteiger partial charge in [0.1, 0.15) is 11.5 Å². The van der Waals surface area contributed by atoms with Gasteiger partial charge in [-0.2, -0.15) is 0 Å². The van der Waals surface area contributed by atoms with E-state index in [1.165, 1.54) is 36.8 Å². The highest BCUT2D eigenvalue weighted by molar-refractivity contribution is 5.82. The molecule has 0 saturated carbocycles. The molecule has 0 aliphatic heterocycles. The van der Waals surface area contributed by atoms with Crippen LogP contribution in [0.15, 0.2) is 107 Å². The van der Waals surface area contributed by atoms with Gasteiger partial charge in [0.05, 0.1) is 25.1 Å². The zero-order valence-corrected chi connectivity index (χ0v) is 25.1. The molecule has 4 nitrogen and oxygen atoms in total. The molecule has 4 aromatic carbocycles. The molecule has 4 heteroatoms. The third kappa shape index (κ3) is 11.8. The molecule has 214 valence electrons. The summed E-state index contributed by atoms with van der Waals surface area (Å²) in [6.07, 6.45) is 11.0. The van der Waals surface area contributed by atoms with E-state index in [1.807, 2.05) is 67.9 Å². The molecule has 4 rings (SSSR count). The van der Waals surface area contributed by atoms with Crippen molar-refractivity contribution in [2.75, 3.05) is 13.7 Å². The summed E-state index contributed by atoms with van der Waals surface area (Å²) in [4.78, 5) is 9.00. The number of hydrogen-bond donors (Lipinski definition) is 0. The summed E-state index contributed by atoms with van der Waals surface area (Å²) in [7, 11) is 1.67. The molecule has 0 aliphatic rings. The van der Waals surface area contributed by atoms with Crippen LogP contribution in [-0.4, -0.2) is 26.1 Å². The summed E-state index contributed by atoms with van der Waals surface area (Å²) in [6.45, 7) is 7.11. The van der Waals surface area contributed by atoms with Gasteiger partial charge in [0.15, 0.2) is 0 Å². The normalized spacial score (nSPS) is 10.9. The first-order valence-corrected chi connectivity index (χ1v) is 14.8. The first-order valence-electron chi connectivity index (χ1n) is 14.8. The van der Waals surface area contributed by atoms with Crippen LogP contribution in [0.4, 0.5) is 11.4 Å². The number of nitrogens with zero attached hydrogens (tertiary/aromatic N) is 2. The number of aliphatic imine (C=N–C) groups is 2. The summed E-state index contributed by atoms with van der Waals surface area (Å²) >= 11 is 0. The molecule has 0 aliphatic carbocycles. The van der Waals surface area contributed by atoms with Gasteiger partial charge in [-0.25, -0.2) is 0 Å². The number of ether oxygens (including phenoxy) is 2. The molecule has 0 spiro atoms. The number of benzene rings is 4. The Bertz CT molecular complexity index is 1310. The highest BCUT2D eigenvalue weighted by Gasteiger charge is 1.96. The zero-order valence-electron chi connectivity index (χ0n) is 25.1. The average molecular weight is 549 g/mol. The van der Waals surface area contributed by atoms with E-state index in [0.29, 0.717) is 6.61 Å². The minimum Gasteiger partial charge on any atom is -0.497 e. The molecule has 0 fully saturated rings. The molecule has 0 atom stereocenters. The van der Waals surface area contributed by atoms with Crippen molar-refractivity contribution in [3.63, 3.8) is 0 Å².